The van der Waals surface area contributed by atoms with E-state index in [9.17, 15) is 22.4 Å². The molecule has 0 spiro atoms. The highest BCUT2D eigenvalue weighted by molar-refractivity contribution is 5.89. The van der Waals surface area contributed by atoms with Crippen molar-refractivity contribution in [3.05, 3.63) is 47.3 Å². The summed E-state index contributed by atoms with van der Waals surface area (Å²) in [7, 11) is 0. The minimum atomic E-state index is -4.64. The molecule has 0 aliphatic heterocycles. The highest BCUT2D eigenvalue weighted by Crippen LogP contribution is 2.34. The molecule has 1 fully saturated rings. The zero-order valence-electron chi connectivity index (χ0n) is 14.1. The van der Waals surface area contributed by atoms with E-state index in [0.29, 0.717) is 18.4 Å². The van der Waals surface area contributed by atoms with Crippen LogP contribution in [-0.2, 0) is 11.2 Å². The van der Waals surface area contributed by atoms with Crippen LogP contribution in [0.15, 0.2) is 36.2 Å². The first-order valence-corrected chi connectivity index (χ1v) is 8.53. The Morgan fingerprint density at radius 1 is 1.16 bits per heavy atom. The number of rotatable bonds is 5. The van der Waals surface area contributed by atoms with Gasteiger partial charge in [0.05, 0.1) is 11.6 Å². The molecule has 0 atom stereocenters. The van der Waals surface area contributed by atoms with E-state index < -0.39 is 23.9 Å². The number of hydrogen-bond donors (Lipinski definition) is 0. The lowest BCUT2D eigenvalue weighted by Crippen LogP contribution is -2.25. The third kappa shape index (κ3) is 6.18. The van der Waals surface area contributed by atoms with Crippen molar-refractivity contribution >= 4 is 5.97 Å². The molecule has 2 nitrogen and oxygen atoms in total. The molecule has 0 bridgehead atoms. The van der Waals surface area contributed by atoms with Crippen LogP contribution in [0, 0.1) is 5.92 Å². The van der Waals surface area contributed by atoms with Gasteiger partial charge in [0.25, 0.3) is 0 Å². The Hall–Kier alpha value is -1.85. The van der Waals surface area contributed by atoms with Crippen LogP contribution in [0.3, 0.4) is 0 Å². The molecule has 0 saturated heterocycles. The van der Waals surface area contributed by atoms with E-state index in [1.54, 1.807) is 12.1 Å². The van der Waals surface area contributed by atoms with Crippen molar-refractivity contribution in [3.8, 4) is 0 Å². The lowest BCUT2D eigenvalue weighted by Gasteiger charge is -2.27. The minimum absolute atomic E-state index is 0.242. The summed E-state index contributed by atoms with van der Waals surface area (Å²) < 4.78 is 55.5. The molecule has 25 heavy (non-hydrogen) atoms. The summed E-state index contributed by atoms with van der Waals surface area (Å²) in [6.45, 7) is 2.07. The number of carbonyl (C=O) groups is 1. The van der Waals surface area contributed by atoms with Crippen molar-refractivity contribution in [2.45, 2.75) is 57.7 Å². The first kappa shape index (κ1) is 19.5. The third-order valence-electron chi connectivity index (χ3n) is 4.37. The van der Waals surface area contributed by atoms with Crippen LogP contribution in [0.25, 0.3) is 0 Å². The molecule has 0 heterocycles. The first-order chi connectivity index (χ1) is 11.8. The number of ether oxygens (including phenoxy) is 1. The highest BCUT2D eigenvalue weighted by Gasteiger charge is 2.31. The Kier molecular flexibility index (Phi) is 6.62. The average Bonchev–Trinajstić information content (AvgIpc) is 2.55. The zero-order valence-corrected chi connectivity index (χ0v) is 14.1. The molecule has 1 aromatic carbocycles. The molecule has 1 saturated carbocycles. The summed E-state index contributed by atoms with van der Waals surface area (Å²) in [5, 5.41) is 0. The molecule has 1 aliphatic carbocycles. The third-order valence-corrected chi connectivity index (χ3v) is 4.37. The van der Waals surface area contributed by atoms with E-state index in [4.69, 9.17) is 4.74 Å². The van der Waals surface area contributed by atoms with Gasteiger partial charge in [0, 0.05) is 5.92 Å². The number of aryl methyl sites for hydroxylation is 1. The van der Waals surface area contributed by atoms with Gasteiger partial charge in [-0.25, -0.2) is 9.18 Å². The second kappa shape index (κ2) is 8.50. The maximum atomic E-state index is 13.6. The van der Waals surface area contributed by atoms with E-state index in [-0.39, 0.29) is 25.0 Å². The Morgan fingerprint density at radius 3 is 2.28 bits per heavy atom. The Labute approximate surface area is 144 Å². The van der Waals surface area contributed by atoms with Gasteiger partial charge in [0.2, 0.25) is 0 Å². The van der Waals surface area contributed by atoms with Gasteiger partial charge in [-0.15, -0.1) is 0 Å². The normalized spacial score (nSPS) is 21.9. The standard InChI is InChI=1S/C19H22F4O2/c1-2-3-13-4-6-15(7-5-13)18(24)25-16-10-8-14(9-11-16)17(20)12-19(21,22)23/h4-7,12,14,16H,2-3,8-11H2,1H3. The summed E-state index contributed by atoms with van der Waals surface area (Å²) in [4.78, 5) is 12.1. The van der Waals surface area contributed by atoms with Crippen LogP contribution in [-0.4, -0.2) is 18.2 Å². The second-order valence-electron chi connectivity index (χ2n) is 6.40. The van der Waals surface area contributed by atoms with E-state index in [1.807, 2.05) is 12.1 Å². The monoisotopic (exact) mass is 358 g/mol. The average molecular weight is 358 g/mol. The van der Waals surface area contributed by atoms with Crippen LogP contribution in [0.4, 0.5) is 17.6 Å². The fourth-order valence-electron chi connectivity index (χ4n) is 3.05. The summed E-state index contributed by atoms with van der Waals surface area (Å²) >= 11 is 0. The molecule has 0 amide bonds. The van der Waals surface area contributed by atoms with Crippen LogP contribution >= 0.6 is 0 Å². The van der Waals surface area contributed by atoms with Gasteiger partial charge in [-0.05, 0) is 49.8 Å². The van der Waals surface area contributed by atoms with Gasteiger partial charge in [-0.3, -0.25) is 0 Å². The van der Waals surface area contributed by atoms with Crippen LogP contribution in [0.1, 0.15) is 54.9 Å². The number of halogens is 4. The first-order valence-electron chi connectivity index (χ1n) is 8.53. The minimum Gasteiger partial charge on any atom is -0.459 e. The maximum absolute atomic E-state index is 13.6. The molecular formula is C19H22F4O2. The van der Waals surface area contributed by atoms with E-state index in [1.165, 1.54) is 0 Å². The Bertz CT molecular complexity index is 597. The van der Waals surface area contributed by atoms with Gasteiger partial charge in [0.15, 0.2) is 0 Å². The molecular weight excluding hydrogens is 336 g/mol. The van der Waals surface area contributed by atoms with E-state index >= 15 is 0 Å². The molecule has 2 rings (SSSR count). The van der Waals surface area contributed by atoms with Crippen molar-refractivity contribution in [2.24, 2.45) is 5.92 Å². The lowest BCUT2D eigenvalue weighted by molar-refractivity contribution is -0.0821. The molecule has 1 aliphatic rings. The topological polar surface area (TPSA) is 26.3 Å². The SMILES string of the molecule is CCCc1ccc(C(=O)OC2CCC(C(F)=CC(F)(F)F)CC2)cc1. The molecule has 6 heteroatoms. The van der Waals surface area contributed by atoms with Gasteiger partial charge < -0.3 is 4.74 Å². The quantitative estimate of drug-likeness (QED) is 0.493. The number of carbonyl (C=O) groups excluding carboxylic acids is 1. The number of esters is 1. The maximum Gasteiger partial charge on any atom is 0.412 e. The van der Waals surface area contributed by atoms with Crippen LogP contribution in [0.2, 0.25) is 0 Å². The van der Waals surface area contributed by atoms with Gasteiger partial charge >= 0.3 is 12.1 Å². The summed E-state index contributed by atoms with van der Waals surface area (Å²) in [6.07, 6.45) is -2.12. The summed E-state index contributed by atoms with van der Waals surface area (Å²) in [5.74, 6) is -2.33. The number of benzene rings is 1. The van der Waals surface area contributed by atoms with E-state index in [2.05, 4.69) is 6.92 Å². The lowest BCUT2D eigenvalue weighted by atomic mass is 9.86. The van der Waals surface area contributed by atoms with Gasteiger partial charge in [-0.2, -0.15) is 13.2 Å². The summed E-state index contributed by atoms with van der Waals surface area (Å²) in [6, 6.07) is 7.19. The molecule has 0 radical (unpaired) electrons. The predicted octanol–water partition coefficient (Wildman–Crippen LogP) is 5.77. The van der Waals surface area contributed by atoms with Gasteiger partial charge in [-0.1, -0.05) is 25.5 Å². The fraction of sp³-hybridized carbons (Fsp3) is 0.526. The Balaban J connectivity index is 1.85. The van der Waals surface area contributed by atoms with E-state index in [0.717, 1.165) is 18.4 Å². The predicted molar refractivity (Wildman–Crippen MR) is 86.8 cm³/mol. The summed E-state index contributed by atoms with van der Waals surface area (Å²) in [5.41, 5.74) is 1.59. The smallest absolute Gasteiger partial charge is 0.412 e. The van der Waals surface area contributed by atoms with Crippen LogP contribution in [0.5, 0.6) is 0 Å². The fourth-order valence-corrected chi connectivity index (χ4v) is 3.05. The largest absolute Gasteiger partial charge is 0.459 e. The zero-order chi connectivity index (χ0) is 18.4. The number of allylic oxidation sites excluding steroid dienone is 2. The molecule has 0 aromatic heterocycles. The van der Waals surface area contributed by atoms with Gasteiger partial charge in [0.1, 0.15) is 11.9 Å². The molecule has 0 N–H and O–H groups in total. The van der Waals surface area contributed by atoms with Crippen molar-refractivity contribution in [3.63, 3.8) is 0 Å². The molecule has 0 unspecified atom stereocenters. The Morgan fingerprint density at radius 2 is 1.76 bits per heavy atom. The molecule has 138 valence electrons. The van der Waals surface area contributed by atoms with Crippen LogP contribution < -0.4 is 0 Å². The number of alkyl halides is 3. The second-order valence-corrected chi connectivity index (χ2v) is 6.40. The van der Waals surface area contributed by atoms with Crippen molar-refractivity contribution in [2.75, 3.05) is 0 Å². The molecule has 1 aromatic rings. The van der Waals surface area contributed by atoms with Crippen molar-refractivity contribution in [1.29, 1.82) is 0 Å². The van der Waals surface area contributed by atoms with Crippen molar-refractivity contribution < 1.29 is 27.1 Å². The number of hydrogen-bond acceptors (Lipinski definition) is 2. The van der Waals surface area contributed by atoms with Crippen molar-refractivity contribution in [1.82, 2.24) is 0 Å². The highest BCUT2D eigenvalue weighted by atomic mass is 19.4.